The van der Waals surface area contributed by atoms with E-state index >= 15 is 0 Å². The fourth-order valence-corrected chi connectivity index (χ4v) is 6.01. The lowest BCUT2D eigenvalue weighted by Gasteiger charge is -2.31. The van der Waals surface area contributed by atoms with E-state index < -0.39 is 10.0 Å². The second-order valence-electron chi connectivity index (χ2n) is 8.14. The van der Waals surface area contributed by atoms with Crippen LogP contribution in [0.1, 0.15) is 55.9 Å². The minimum atomic E-state index is -3.57. The molecule has 2 heterocycles. The molecule has 1 aliphatic heterocycles. The Kier molecular flexibility index (Phi) is 6.28. The molecule has 1 saturated heterocycles. The number of nitrogens with zero attached hydrogens (tertiary/aromatic N) is 2. The van der Waals surface area contributed by atoms with Crippen LogP contribution in [0.3, 0.4) is 0 Å². The summed E-state index contributed by atoms with van der Waals surface area (Å²) in [4.78, 5) is 13.0. The summed E-state index contributed by atoms with van der Waals surface area (Å²) in [5.74, 6) is 0.428. The van der Waals surface area contributed by atoms with Crippen LogP contribution in [0.15, 0.2) is 17.2 Å². The lowest BCUT2D eigenvalue weighted by Crippen LogP contribution is -2.45. The molecule has 2 aliphatic rings. The predicted molar refractivity (Wildman–Crippen MR) is 105 cm³/mol. The first-order chi connectivity index (χ1) is 12.8. The number of sulfonamides is 1. The lowest BCUT2D eigenvalue weighted by atomic mass is 9.84. The summed E-state index contributed by atoms with van der Waals surface area (Å²) in [6, 6.07) is 1.57. The Balaban J connectivity index is 1.76. The van der Waals surface area contributed by atoms with Crippen molar-refractivity contribution in [3.05, 3.63) is 18.0 Å². The van der Waals surface area contributed by atoms with Crippen molar-refractivity contribution >= 4 is 15.9 Å². The zero-order valence-electron chi connectivity index (χ0n) is 16.4. The molecule has 8 heteroatoms. The summed E-state index contributed by atoms with van der Waals surface area (Å²) >= 11 is 0. The highest BCUT2D eigenvalue weighted by Crippen LogP contribution is 2.26. The van der Waals surface area contributed by atoms with Crippen molar-refractivity contribution in [2.75, 3.05) is 19.6 Å². The Bertz CT molecular complexity index is 774. The van der Waals surface area contributed by atoms with Crippen molar-refractivity contribution in [3.63, 3.8) is 0 Å². The highest BCUT2D eigenvalue weighted by atomic mass is 32.2. The van der Waals surface area contributed by atoms with Gasteiger partial charge in [-0.3, -0.25) is 4.79 Å². The van der Waals surface area contributed by atoms with Gasteiger partial charge in [-0.25, -0.2) is 8.42 Å². The van der Waals surface area contributed by atoms with E-state index in [-0.39, 0.29) is 16.8 Å². The monoisotopic (exact) mass is 396 g/mol. The molecule has 7 nitrogen and oxygen atoms in total. The van der Waals surface area contributed by atoms with Crippen LogP contribution in [0.5, 0.6) is 0 Å². The molecule has 3 unspecified atom stereocenters. The molecule has 1 aromatic rings. The predicted octanol–water partition coefficient (Wildman–Crippen LogP) is 1.69. The molecule has 3 N–H and O–H groups in total. The third-order valence-corrected chi connectivity index (χ3v) is 7.83. The maximum Gasteiger partial charge on any atom is 0.268 e. The first kappa shape index (κ1) is 20.4. The quantitative estimate of drug-likeness (QED) is 0.791. The summed E-state index contributed by atoms with van der Waals surface area (Å²) in [5, 5.41) is 3.08. The summed E-state index contributed by atoms with van der Waals surface area (Å²) in [6.45, 7) is 3.72. The number of aromatic nitrogens is 1. The van der Waals surface area contributed by atoms with Crippen LogP contribution in [0.25, 0.3) is 0 Å². The van der Waals surface area contributed by atoms with E-state index in [0.717, 1.165) is 38.5 Å². The van der Waals surface area contributed by atoms with E-state index in [9.17, 15) is 13.2 Å². The van der Waals surface area contributed by atoms with Gasteiger partial charge < -0.3 is 15.6 Å². The molecule has 152 valence electrons. The summed E-state index contributed by atoms with van der Waals surface area (Å²) in [5.41, 5.74) is 6.23. The van der Waals surface area contributed by atoms with Crippen molar-refractivity contribution in [1.82, 2.24) is 14.2 Å². The fourth-order valence-electron chi connectivity index (χ4n) is 4.34. The van der Waals surface area contributed by atoms with E-state index in [1.54, 1.807) is 22.1 Å². The number of nitrogens with two attached hydrogens (primary N) is 1. The van der Waals surface area contributed by atoms with Crippen molar-refractivity contribution in [1.29, 1.82) is 0 Å². The maximum atomic E-state index is 13.0. The molecule has 0 aromatic carbocycles. The second kappa shape index (κ2) is 8.32. The minimum absolute atomic E-state index is 0.0640. The first-order valence-electron chi connectivity index (χ1n) is 10.0. The van der Waals surface area contributed by atoms with Crippen LogP contribution in [0, 0.1) is 11.8 Å². The van der Waals surface area contributed by atoms with Gasteiger partial charge in [-0.2, -0.15) is 4.31 Å². The molecule has 0 spiro atoms. The lowest BCUT2D eigenvalue weighted by molar-refractivity contribution is 0.0899. The summed E-state index contributed by atoms with van der Waals surface area (Å²) < 4.78 is 29.1. The van der Waals surface area contributed by atoms with Crippen molar-refractivity contribution in [3.8, 4) is 0 Å². The van der Waals surface area contributed by atoms with Gasteiger partial charge in [0.15, 0.2) is 0 Å². The normalized spacial score (nSPS) is 27.4. The highest BCUT2D eigenvalue weighted by Gasteiger charge is 2.31. The van der Waals surface area contributed by atoms with Crippen molar-refractivity contribution in [2.45, 2.75) is 56.4 Å². The van der Waals surface area contributed by atoms with E-state index in [1.165, 1.54) is 6.07 Å². The number of amides is 1. The molecule has 3 rings (SSSR count). The number of piperidine rings is 1. The maximum absolute atomic E-state index is 13.0. The number of nitrogens with one attached hydrogen (secondary N) is 1. The third kappa shape index (κ3) is 4.38. The molecule has 27 heavy (non-hydrogen) atoms. The third-order valence-electron chi connectivity index (χ3n) is 6.00. The Labute approximate surface area is 162 Å². The Morgan fingerprint density at radius 3 is 2.70 bits per heavy atom. The Morgan fingerprint density at radius 2 is 2.00 bits per heavy atom. The van der Waals surface area contributed by atoms with Gasteiger partial charge in [0.05, 0.1) is 0 Å². The number of hydrogen-bond donors (Lipinski definition) is 2. The molecule has 2 fully saturated rings. The molecule has 1 aromatic heterocycles. The van der Waals surface area contributed by atoms with Crippen LogP contribution in [0.4, 0.5) is 0 Å². The summed E-state index contributed by atoms with van der Waals surface area (Å²) in [6.07, 6.45) is 7.66. The largest absolute Gasteiger partial charge is 0.348 e. The van der Waals surface area contributed by atoms with E-state index in [4.69, 9.17) is 5.73 Å². The Hall–Kier alpha value is -1.38. The second-order valence-corrected chi connectivity index (χ2v) is 10.1. The van der Waals surface area contributed by atoms with Gasteiger partial charge in [-0.15, -0.1) is 0 Å². The van der Waals surface area contributed by atoms with Gasteiger partial charge in [0.2, 0.25) is 10.0 Å². The highest BCUT2D eigenvalue weighted by molar-refractivity contribution is 7.89. The van der Waals surface area contributed by atoms with Gasteiger partial charge in [-0.05, 0) is 50.1 Å². The van der Waals surface area contributed by atoms with Crippen molar-refractivity contribution < 1.29 is 13.2 Å². The van der Waals surface area contributed by atoms with Gasteiger partial charge in [0.25, 0.3) is 5.91 Å². The molecule has 1 saturated carbocycles. The van der Waals surface area contributed by atoms with E-state index in [0.29, 0.717) is 37.2 Å². The van der Waals surface area contributed by atoms with Crippen LogP contribution in [-0.4, -0.2) is 48.9 Å². The molecule has 3 atom stereocenters. The summed E-state index contributed by atoms with van der Waals surface area (Å²) in [7, 11) is -1.85. The standard InChI is InChI=1S/C19H32N4O3S/c1-14-6-5-9-23(12-14)27(25,26)16-10-18(22(2)13-16)19(24)21-17-8-4-3-7-15(17)11-20/h10,13-15,17H,3-9,11-12,20H2,1-2H3,(H,21,24). The van der Waals surface area contributed by atoms with Crippen molar-refractivity contribution in [2.24, 2.45) is 24.6 Å². The van der Waals surface area contributed by atoms with Gasteiger partial charge in [0.1, 0.15) is 10.6 Å². The van der Waals surface area contributed by atoms with Gasteiger partial charge in [0, 0.05) is 32.4 Å². The Morgan fingerprint density at radius 1 is 1.26 bits per heavy atom. The molecular formula is C19H32N4O3S. The molecule has 1 amide bonds. The van der Waals surface area contributed by atoms with Gasteiger partial charge in [-0.1, -0.05) is 19.8 Å². The van der Waals surface area contributed by atoms with Crippen LogP contribution in [0.2, 0.25) is 0 Å². The average Bonchev–Trinajstić information content (AvgIpc) is 3.05. The van der Waals surface area contributed by atoms with Gasteiger partial charge >= 0.3 is 0 Å². The average molecular weight is 397 g/mol. The number of carbonyl (C=O) groups excluding carboxylic acids is 1. The number of hydrogen-bond acceptors (Lipinski definition) is 4. The number of carbonyl (C=O) groups is 1. The SMILES string of the molecule is CC1CCCN(S(=O)(=O)c2cc(C(=O)NC3CCCCC3CN)n(C)c2)C1. The zero-order chi connectivity index (χ0) is 19.6. The van der Waals surface area contributed by atoms with E-state index in [1.807, 2.05) is 0 Å². The number of rotatable bonds is 5. The minimum Gasteiger partial charge on any atom is -0.348 e. The molecule has 1 aliphatic carbocycles. The molecular weight excluding hydrogens is 364 g/mol. The fraction of sp³-hybridized carbons (Fsp3) is 0.737. The van der Waals surface area contributed by atoms with E-state index in [2.05, 4.69) is 12.2 Å². The van der Waals surface area contributed by atoms with Crippen LogP contribution < -0.4 is 11.1 Å². The van der Waals surface area contributed by atoms with Crippen LogP contribution in [-0.2, 0) is 17.1 Å². The topological polar surface area (TPSA) is 97.4 Å². The first-order valence-corrected chi connectivity index (χ1v) is 11.4. The zero-order valence-corrected chi connectivity index (χ0v) is 17.2. The molecule has 0 bridgehead atoms. The molecule has 0 radical (unpaired) electrons. The van der Waals surface area contributed by atoms with Crippen LogP contribution >= 0.6 is 0 Å². The smallest absolute Gasteiger partial charge is 0.268 e. The number of aryl methyl sites for hydroxylation is 1.